The predicted octanol–water partition coefficient (Wildman–Crippen LogP) is 1.94. The highest BCUT2D eigenvalue weighted by atomic mass is 19.1. The molecule has 1 aromatic rings. The molecule has 13 heavy (non-hydrogen) atoms. The summed E-state index contributed by atoms with van der Waals surface area (Å²) in [6, 6.07) is 6.08. The Hall–Kier alpha value is -1.09. The van der Waals surface area contributed by atoms with Gasteiger partial charge in [-0.05, 0) is 18.6 Å². The molecular weight excluding hydrogens is 169 g/mol. The molecule has 0 radical (unpaired) electrons. The molecule has 1 atom stereocenters. The fraction of sp³-hybridized carbons (Fsp3) is 0.400. The maximum atomic E-state index is 12.7. The van der Waals surface area contributed by atoms with Crippen LogP contribution in [0.25, 0.3) is 0 Å². The molecule has 0 saturated carbocycles. The van der Waals surface area contributed by atoms with Crippen LogP contribution in [0.15, 0.2) is 24.3 Å². The first kappa shape index (κ1) is 9.99. The van der Waals surface area contributed by atoms with Gasteiger partial charge in [0.25, 0.3) is 0 Å². The molecule has 0 aliphatic carbocycles. The van der Waals surface area contributed by atoms with Gasteiger partial charge < -0.3 is 10.5 Å². The maximum absolute atomic E-state index is 12.7. The second-order valence-corrected chi connectivity index (χ2v) is 2.94. The van der Waals surface area contributed by atoms with Gasteiger partial charge in [-0.3, -0.25) is 0 Å². The molecular formula is C10H14FNO. The Morgan fingerprint density at radius 2 is 2.31 bits per heavy atom. The molecule has 0 heterocycles. The van der Waals surface area contributed by atoms with Gasteiger partial charge in [0.1, 0.15) is 18.2 Å². The van der Waals surface area contributed by atoms with E-state index < -0.39 is 0 Å². The third kappa shape index (κ3) is 3.42. The average Bonchev–Trinajstić information content (AvgIpc) is 2.14. The Balaban J connectivity index is 2.45. The lowest BCUT2D eigenvalue weighted by Gasteiger charge is -2.10. The molecule has 2 N–H and O–H groups in total. The van der Waals surface area contributed by atoms with Gasteiger partial charge in [-0.2, -0.15) is 0 Å². The Bertz CT molecular complexity index is 265. The molecule has 0 saturated heterocycles. The standard InChI is InChI=1S/C10H14FNO/c1-2-9(12)7-13-10-5-3-4-8(11)6-10/h3-6,9H,2,7,12H2,1H3/t9-/m1/s1. The molecule has 0 aromatic heterocycles. The topological polar surface area (TPSA) is 35.2 Å². The summed E-state index contributed by atoms with van der Waals surface area (Å²) in [6.45, 7) is 2.42. The van der Waals surface area contributed by atoms with Crippen LogP contribution in [0.2, 0.25) is 0 Å². The second kappa shape index (κ2) is 4.82. The molecule has 0 bridgehead atoms. The molecule has 0 aliphatic heterocycles. The molecule has 72 valence electrons. The molecule has 2 nitrogen and oxygen atoms in total. The van der Waals surface area contributed by atoms with Crippen molar-refractivity contribution in [2.45, 2.75) is 19.4 Å². The molecule has 0 spiro atoms. The first-order valence-corrected chi connectivity index (χ1v) is 4.36. The zero-order valence-electron chi connectivity index (χ0n) is 7.66. The van der Waals surface area contributed by atoms with Gasteiger partial charge in [-0.15, -0.1) is 0 Å². The summed E-state index contributed by atoms with van der Waals surface area (Å²) in [7, 11) is 0. The van der Waals surface area contributed by atoms with E-state index >= 15 is 0 Å². The summed E-state index contributed by atoms with van der Waals surface area (Å²) in [5.74, 6) is 0.242. The van der Waals surface area contributed by atoms with E-state index in [9.17, 15) is 4.39 Å². The number of halogens is 1. The summed E-state index contributed by atoms with van der Waals surface area (Å²) < 4.78 is 17.9. The van der Waals surface area contributed by atoms with Crippen molar-refractivity contribution in [3.63, 3.8) is 0 Å². The summed E-state index contributed by atoms with van der Waals surface area (Å²) in [5.41, 5.74) is 5.64. The molecule has 1 rings (SSSR count). The minimum atomic E-state index is -0.289. The monoisotopic (exact) mass is 183 g/mol. The Labute approximate surface area is 77.5 Å². The van der Waals surface area contributed by atoms with Crippen molar-refractivity contribution in [1.29, 1.82) is 0 Å². The van der Waals surface area contributed by atoms with Gasteiger partial charge in [0.2, 0.25) is 0 Å². The smallest absolute Gasteiger partial charge is 0.126 e. The highest BCUT2D eigenvalue weighted by molar-refractivity contribution is 5.22. The number of ether oxygens (including phenoxy) is 1. The van der Waals surface area contributed by atoms with Crippen molar-refractivity contribution >= 4 is 0 Å². The van der Waals surface area contributed by atoms with Crippen LogP contribution in [0, 0.1) is 5.82 Å². The van der Waals surface area contributed by atoms with Crippen molar-refractivity contribution in [3.05, 3.63) is 30.1 Å². The van der Waals surface area contributed by atoms with E-state index in [0.717, 1.165) is 6.42 Å². The lowest BCUT2D eigenvalue weighted by atomic mass is 10.2. The van der Waals surface area contributed by atoms with Crippen LogP contribution in [-0.2, 0) is 0 Å². The van der Waals surface area contributed by atoms with Gasteiger partial charge in [-0.1, -0.05) is 13.0 Å². The van der Waals surface area contributed by atoms with E-state index in [1.165, 1.54) is 12.1 Å². The molecule has 3 heteroatoms. The van der Waals surface area contributed by atoms with Crippen molar-refractivity contribution in [2.24, 2.45) is 5.73 Å². The van der Waals surface area contributed by atoms with Crippen molar-refractivity contribution in [3.8, 4) is 5.75 Å². The zero-order valence-corrected chi connectivity index (χ0v) is 7.66. The molecule has 1 aromatic carbocycles. The van der Waals surface area contributed by atoms with E-state index in [4.69, 9.17) is 10.5 Å². The van der Waals surface area contributed by atoms with Crippen LogP contribution in [0.3, 0.4) is 0 Å². The van der Waals surface area contributed by atoms with Gasteiger partial charge in [0, 0.05) is 12.1 Å². The summed E-state index contributed by atoms with van der Waals surface area (Å²) in [6.07, 6.45) is 0.856. The second-order valence-electron chi connectivity index (χ2n) is 2.94. The van der Waals surface area contributed by atoms with Gasteiger partial charge in [0.05, 0.1) is 0 Å². The van der Waals surface area contributed by atoms with Crippen molar-refractivity contribution in [1.82, 2.24) is 0 Å². The molecule has 0 aliphatic rings. The van der Waals surface area contributed by atoms with E-state index in [0.29, 0.717) is 12.4 Å². The number of hydrogen-bond donors (Lipinski definition) is 1. The largest absolute Gasteiger partial charge is 0.492 e. The normalized spacial score (nSPS) is 12.5. The third-order valence-electron chi connectivity index (χ3n) is 1.78. The predicted molar refractivity (Wildman–Crippen MR) is 50.2 cm³/mol. The summed E-state index contributed by atoms with van der Waals surface area (Å²) >= 11 is 0. The number of rotatable bonds is 4. The van der Waals surface area contributed by atoms with Gasteiger partial charge in [-0.25, -0.2) is 4.39 Å². The fourth-order valence-corrected chi connectivity index (χ4v) is 0.878. The zero-order chi connectivity index (χ0) is 9.68. The molecule has 0 fully saturated rings. The van der Waals surface area contributed by atoms with E-state index in [-0.39, 0.29) is 11.9 Å². The maximum Gasteiger partial charge on any atom is 0.126 e. The Kier molecular flexibility index (Phi) is 3.71. The highest BCUT2D eigenvalue weighted by Crippen LogP contribution is 2.11. The molecule has 0 amide bonds. The number of nitrogens with two attached hydrogens (primary N) is 1. The first-order chi connectivity index (χ1) is 6.22. The van der Waals surface area contributed by atoms with Crippen LogP contribution in [0.1, 0.15) is 13.3 Å². The van der Waals surface area contributed by atoms with Crippen molar-refractivity contribution in [2.75, 3.05) is 6.61 Å². The summed E-state index contributed by atoms with van der Waals surface area (Å²) in [4.78, 5) is 0. The van der Waals surface area contributed by atoms with Gasteiger partial charge >= 0.3 is 0 Å². The quantitative estimate of drug-likeness (QED) is 0.774. The van der Waals surface area contributed by atoms with Crippen LogP contribution >= 0.6 is 0 Å². The SMILES string of the molecule is CC[C@@H](N)COc1cccc(F)c1. The van der Waals surface area contributed by atoms with Crippen LogP contribution in [0.4, 0.5) is 4.39 Å². The third-order valence-corrected chi connectivity index (χ3v) is 1.78. The Morgan fingerprint density at radius 1 is 1.54 bits per heavy atom. The Morgan fingerprint density at radius 3 is 2.92 bits per heavy atom. The van der Waals surface area contributed by atoms with Gasteiger partial charge in [0.15, 0.2) is 0 Å². The lowest BCUT2D eigenvalue weighted by Crippen LogP contribution is -2.26. The average molecular weight is 183 g/mol. The summed E-state index contributed by atoms with van der Waals surface area (Å²) in [5, 5.41) is 0. The minimum absolute atomic E-state index is 0.0169. The fourth-order valence-electron chi connectivity index (χ4n) is 0.878. The van der Waals surface area contributed by atoms with Crippen LogP contribution < -0.4 is 10.5 Å². The number of benzene rings is 1. The molecule has 0 unspecified atom stereocenters. The van der Waals surface area contributed by atoms with Crippen molar-refractivity contribution < 1.29 is 9.13 Å². The highest BCUT2D eigenvalue weighted by Gasteiger charge is 2.00. The van der Waals surface area contributed by atoms with Crippen LogP contribution in [0.5, 0.6) is 5.75 Å². The van der Waals surface area contributed by atoms with Crippen LogP contribution in [-0.4, -0.2) is 12.6 Å². The minimum Gasteiger partial charge on any atom is -0.492 e. The van der Waals surface area contributed by atoms with E-state index in [1.807, 2.05) is 6.92 Å². The number of hydrogen-bond acceptors (Lipinski definition) is 2. The van der Waals surface area contributed by atoms with E-state index in [2.05, 4.69) is 0 Å². The van der Waals surface area contributed by atoms with E-state index in [1.54, 1.807) is 12.1 Å². The first-order valence-electron chi connectivity index (χ1n) is 4.36. The lowest BCUT2D eigenvalue weighted by molar-refractivity contribution is 0.284.